The molecule has 17 heavy (non-hydrogen) atoms. The van der Waals surface area contributed by atoms with Crippen molar-refractivity contribution in [3.05, 3.63) is 35.4 Å². The van der Waals surface area contributed by atoms with E-state index in [0.29, 0.717) is 5.57 Å². The van der Waals surface area contributed by atoms with Gasteiger partial charge in [-0.2, -0.15) is 0 Å². The van der Waals surface area contributed by atoms with Crippen molar-refractivity contribution in [2.45, 2.75) is 20.3 Å². The van der Waals surface area contributed by atoms with E-state index in [4.69, 9.17) is 9.47 Å². The number of carbonyl (C=O) groups excluding carboxylic acids is 1. The summed E-state index contributed by atoms with van der Waals surface area (Å²) in [5.74, 6) is 0.526. The zero-order valence-electron chi connectivity index (χ0n) is 10.7. The topological polar surface area (TPSA) is 35.5 Å². The van der Waals surface area contributed by atoms with Crippen LogP contribution >= 0.6 is 0 Å². The van der Waals surface area contributed by atoms with Gasteiger partial charge >= 0.3 is 5.97 Å². The van der Waals surface area contributed by atoms with Gasteiger partial charge in [0.15, 0.2) is 0 Å². The minimum Gasteiger partial charge on any atom is -0.497 e. The van der Waals surface area contributed by atoms with Gasteiger partial charge in [0.1, 0.15) is 5.75 Å². The van der Waals surface area contributed by atoms with Crippen LogP contribution in [0.4, 0.5) is 0 Å². The van der Waals surface area contributed by atoms with E-state index in [1.807, 2.05) is 31.2 Å². The van der Waals surface area contributed by atoms with E-state index in [-0.39, 0.29) is 5.97 Å². The van der Waals surface area contributed by atoms with Gasteiger partial charge in [-0.05, 0) is 36.6 Å². The molecular formula is C14H18O3. The van der Waals surface area contributed by atoms with Gasteiger partial charge in [0.2, 0.25) is 0 Å². The molecule has 0 unspecified atom stereocenters. The summed E-state index contributed by atoms with van der Waals surface area (Å²) in [5, 5.41) is 0. The van der Waals surface area contributed by atoms with Gasteiger partial charge in [0, 0.05) is 5.57 Å². The molecular weight excluding hydrogens is 216 g/mol. The Morgan fingerprint density at radius 2 is 1.76 bits per heavy atom. The summed E-state index contributed by atoms with van der Waals surface area (Å²) in [5.41, 5.74) is 2.68. The third kappa shape index (κ3) is 3.09. The normalized spacial score (nSPS) is 11.8. The fourth-order valence-electron chi connectivity index (χ4n) is 1.75. The van der Waals surface area contributed by atoms with Crippen molar-refractivity contribution in [1.29, 1.82) is 0 Å². The Morgan fingerprint density at radius 1 is 1.18 bits per heavy atom. The number of esters is 1. The number of allylic oxidation sites excluding steroid dienone is 1. The maximum atomic E-state index is 11.5. The zero-order valence-corrected chi connectivity index (χ0v) is 10.7. The molecule has 0 spiro atoms. The second kappa shape index (κ2) is 6.09. The highest BCUT2D eigenvalue weighted by atomic mass is 16.5. The van der Waals surface area contributed by atoms with Crippen LogP contribution in [0.25, 0.3) is 5.57 Å². The van der Waals surface area contributed by atoms with Crippen molar-refractivity contribution in [2.75, 3.05) is 14.2 Å². The first-order chi connectivity index (χ1) is 8.13. The number of methoxy groups -OCH3 is 2. The predicted octanol–water partition coefficient (Wildman–Crippen LogP) is 3.05. The summed E-state index contributed by atoms with van der Waals surface area (Å²) in [6.45, 7) is 3.81. The molecule has 1 aromatic rings. The van der Waals surface area contributed by atoms with Gasteiger partial charge in [0.25, 0.3) is 0 Å². The SMILES string of the molecule is CC/C(=C(/C)C(=O)OC)c1ccc(OC)cc1. The molecule has 0 saturated heterocycles. The third-order valence-corrected chi connectivity index (χ3v) is 2.74. The van der Waals surface area contributed by atoms with E-state index in [1.54, 1.807) is 14.0 Å². The summed E-state index contributed by atoms with van der Waals surface area (Å²) < 4.78 is 9.84. The molecule has 0 saturated carbocycles. The number of ether oxygens (including phenoxy) is 2. The molecule has 0 amide bonds. The maximum Gasteiger partial charge on any atom is 0.333 e. The largest absolute Gasteiger partial charge is 0.497 e. The first-order valence-corrected chi connectivity index (χ1v) is 5.56. The molecule has 92 valence electrons. The van der Waals surface area contributed by atoms with Crippen molar-refractivity contribution in [3.63, 3.8) is 0 Å². The molecule has 1 aromatic carbocycles. The molecule has 3 heteroatoms. The maximum absolute atomic E-state index is 11.5. The first kappa shape index (κ1) is 13.3. The van der Waals surface area contributed by atoms with Crippen molar-refractivity contribution in [2.24, 2.45) is 0 Å². The Kier molecular flexibility index (Phi) is 4.76. The number of hydrogen-bond donors (Lipinski definition) is 0. The van der Waals surface area contributed by atoms with Gasteiger partial charge in [-0.25, -0.2) is 4.79 Å². The van der Waals surface area contributed by atoms with Gasteiger partial charge < -0.3 is 9.47 Å². The van der Waals surface area contributed by atoms with Crippen LogP contribution in [0.1, 0.15) is 25.8 Å². The predicted molar refractivity (Wildman–Crippen MR) is 67.9 cm³/mol. The van der Waals surface area contributed by atoms with E-state index in [1.165, 1.54) is 7.11 Å². The highest BCUT2D eigenvalue weighted by Gasteiger charge is 2.11. The first-order valence-electron chi connectivity index (χ1n) is 5.56. The van der Waals surface area contributed by atoms with Crippen LogP contribution in [-0.4, -0.2) is 20.2 Å². The Bertz CT molecular complexity index is 416. The second-order valence-electron chi connectivity index (χ2n) is 3.68. The van der Waals surface area contributed by atoms with E-state index in [9.17, 15) is 4.79 Å². The van der Waals surface area contributed by atoms with Crippen LogP contribution in [0, 0.1) is 0 Å². The molecule has 0 aliphatic carbocycles. The number of benzene rings is 1. The lowest BCUT2D eigenvalue weighted by Crippen LogP contribution is -2.04. The Hall–Kier alpha value is -1.77. The number of rotatable bonds is 4. The van der Waals surface area contributed by atoms with E-state index >= 15 is 0 Å². The second-order valence-corrected chi connectivity index (χ2v) is 3.68. The average Bonchev–Trinajstić information content (AvgIpc) is 2.39. The number of carbonyl (C=O) groups is 1. The van der Waals surface area contributed by atoms with Crippen LogP contribution in [0.5, 0.6) is 5.75 Å². The molecule has 0 aromatic heterocycles. The van der Waals surface area contributed by atoms with E-state index in [0.717, 1.165) is 23.3 Å². The number of hydrogen-bond acceptors (Lipinski definition) is 3. The van der Waals surface area contributed by atoms with Crippen molar-refractivity contribution >= 4 is 11.5 Å². The Balaban J connectivity index is 3.12. The molecule has 0 N–H and O–H groups in total. The molecule has 0 aliphatic heterocycles. The fraction of sp³-hybridized carbons (Fsp3) is 0.357. The third-order valence-electron chi connectivity index (χ3n) is 2.74. The molecule has 0 fully saturated rings. The minimum absolute atomic E-state index is 0.280. The average molecular weight is 234 g/mol. The standard InChI is InChI=1S/C14H18O3/c1-5-13(10(2)14(15)17-4)11-6-8-12(16-3)9-7-11/h6-9H,5H2,1-4H3/b13-10+. The van der Waals surface area contributed by atoms with Crippen LogP contribution in [0.3, 0.4) is 0 Å². The van der Waals surface area contributed by atoms with Gasteiger partial charge in [0.05, 0.1) is 14.2 Å². The fourth-order valence-corrected chi connectivity index (χ4v) is 1.75. The summed E-state index contributed by atoms with van der Waals surface area (Å²) in [4.78, 5) is 11.5. The molecule has 0 heterocycles. The van der Waals surface area contributed by atoms with Crippen LogP contribution < -0.4 is 4.74 Å². The molecule has 0 bridgehead atoms. The minimum atomic E-state index is -0.280. The van der Waals surface area contributed by atoms with Gasteiger partial charge in [-0.15, -0.1) is 0 Å². The van der Waals surface area contributed by atoms with Crippen LogP contribution in [0.15, 0.2) is 29.8 Å². The Labute approximate surface area is 102 Å². The van der Waals surface area contributed by atoms with E-state index in [2.05, 4.69) is 0 Å². The molecule has 3 nitrogen and oxygen atoms in total. The van der Waals surface area contributed by atoms with E-state index < -0.39 is 0 Å². The Morgan fingerprint density at radius 3 is 2.18 bits per heavy atom. The molecule has 0 aliphatic rings. The smallest absolute Gasteiger partial charge is 0.333 e. The lowest BCUT2D eigenvalue weighted by atomic mass is 9.98. The monoisotopic (exact) mass is 234 g/mol. The van der Waals surface area contributed by atoms with Crippen molar-refractivity contribution in [3.8, 4) is 5.75 Å². The summed E-state index contributed by atoms with van der Waals surface area (Å²) in [6.07, 6.45) is 0.785. The van der Waals surface area contributed by atoms with Crippen LogP contribution in [0.2, 0.25) is 0 Å². The highest BCUT2D eigenvalue weighted by molar-refractivity contribution is 5.97. The van der Waals surface area contributed by atoms with Crippen molar-refractivity contribution in [1.82, 2.24) is 0 Å². The quantitative estimate of drug-likeness (QED) is 0.593. The summed E-state index contributed by atoms with van der Waals surface area (Å²) in [6, 6.07) is 7.67. The molecule has 0 atom stereocenters. The zero-order chi connectivity index (χ0) is 12.8. The summed E-state index contributed by atoms with van der Waals surface area (Å²) >= 11 is 0. The molecule has 1 rings (SSSR count). The summed E-state index contributed by atoms with van der Waals surface area (Å²) in [7, 11) is 3.03. The van der Waals surface area contributed by atoms with Gasteiger partial charge in [-0.1, -0.05) is 19.1 Å². The lowest BCUT2D eigenvalue weighted by molar-refractivity contribution is -0.135. The van der Waals surface area contributed by atoms with Crippen LogP contribution in [-0.2, 0) is 9.53 Å². The van der Waals surface area contributed by atoms with Gasteiger partial charge in [-0.3, -0.25) is 0 Å². The lowest BCUT2D eigenvalue weighted by Gasteiger charge is -2.10. The van der Waals surface area contributed by atoms with Crippen molar-refractivity contribution < 1.29 is 14.3 Å². The highest BCUT2D eigenvalue weighted by Crippen LogP contribution is 2.24. The molecule has 0 radical (unpaired) electrons.